The molecule has 8 nitrogen and oxygen atoms in total. The van der Waals surface area contributed by atoms with Gasteiger partial charge in [-0.15, -0.1) is 0 Å². The van der Waals surface area contributed by atoms with Gasteiger partial charge in [-0.3, -0.25) is 9.78 Å². The highest BCUT2D eigenvalue weighted by molar-refractivity contribution is 5.99. The molecule has 0 spiro atoms. The van der Waals surface area contributed by atoms with Gasteiger partial charge in [-0.1, -0.05) is 0 Å². The molecule has 1 aliphatic heterocycles. The number of nitrogen functional groups attached to an aromatic ring is 1. The van der Waals surface area contributed by atoms with Gasteiger partial charge in [-0.05, 0) is 62.1 Å². The van der Waals surface area contributed by atoms with Gasteiger partial charge >= 0.3 is 0 Å². The summed E-state index contributed by atoms with van der Waals surface area (Å²) in [5.41, 5.74) is 10.4. The molecule has 2 aliphatic rings. The number of anilines is 1. The highest BCUT2D eigenvalue weighted by atomic mass is 16.5. The number of benzene rings is 1. The first-order valence-electron chi connectivity index (χ1n) is 11.4. The van der Waals surface area contributed by atoms with Crippen molar-refractivity contribution in [3.05, 3.63) is 64.5 Å². The summed E-state index contributed by atoms with van der Waals surface area (Å²) in [6.45, 7) is 2.64. The highest BCUT2D eigenvalue weighted by Gasteiger charge is 2.36. The van der Waals surface area contributed by atoms with Crippen LogP contribution in [0, 0.1) is 28.6 Å². The van der Waals surface area contributed by atoms with Gasteiger partial charge in [0.1, 0.15) is 11.9 Å². The van der Waals surface area contributed by atoms with E-state index < -0.39 is 0 Å². The van der Waals surface area contributed by atoms with Gasteiger partial charge < -0.3 is 15.4 Å². The van der Waals surface area contributed by atoms with Crippen LogP contribution in [-0.2, 0) is 17.9 Å². The topological polar surface area (TPSA) is 129 Å². The van der Waals surface area contributed by atoms with Gasteiger partial charge in [0.25, 0.3) is 5.91 Å². The van der Waals surface area contributed by atoms with Crippen LogP contribution in [0.4, 0.5) is 5.82 Å². The average Bonchev–Trinajstić information content (AvgIpc) is 3.49. The van der Waals surface area contributed by atoms with Crippen LogP contribution in [0.2, 0.25) is 0 Å². The fraction of sp³-hybridized carbons (Fsp3) is 0.346. The zero-order valence-corrected chi connectivity index (χ0v) is 18.9. The highest BCUT2D eigenvalue weighted by Crippen LogP contribution is 2.38. The van der Waals surface area contributed by atoms with E-state index in [-0.39, 0.29) is 30.5 Å². The van der Waals surface area contributed by atoms with E-state index in [1.54, 1.807) is 23.1 Å². The number of nitrogens with zero attached hydrogens (tertiary/aromatic N) is 5. The first kappa shape index (κ1) is 21.8. The van der Waals surface area contributed by atoms with Crippen LogP contribution in [0.5, 0.6) is 0 Å². The summed E-state index contributed by atoms with van der Waals surface area (Å²) in [6, 6.07) is 13.1. The van der Waals surface area contributed by atoms with E-state index in [0.717, 1.165) is 41.3 Å². The lowest BCUT2D eigenvalue weighted by molar-refractivity contribution is 0.0636. The van der Waals surface area contributed by atoms with Crippen molar-refractivity contribution in [1.82, 2.24) is 14.9 Å². The molecule has 3 aromatic rings. The second-order valence-corrected chi connectivity index (χ2v) is 8.89. The summed E-state index contributed by atoms with van der Waals surface area (Å²) in [4.78, 5) is 24.5. The van der Waals surface area contributed by atoms with Gasteiger partial charge in [0, 0.05) is 28.8 Å². The van der Waals surface area contributed by atoms with E-state index in [1.165, 1.54) is 6.20 Å². The number of carbonyl (C=O) groups excluding carboxylic acids is 1. The fourth-order valence-corrected chi connectivity index (χ4v) is 5.13. The van der Waals surface area contributed by atoms with Gasteiger partial charge in [-0.2, -0.15) is 10.5 Å². The summed E-state index contributed by atoms with van der Waals surface area (Å²) in [6.07, 6.45) is 3.81. The molecule has 34 heavy (non-hydrogen) atoms. The molecule has 1 aliphatic carbocycles. The number of aromatic nitrogens is 2. The van der Waals surface area contributed by atoms with Crippen LogP contribution in [0.1, 0.15) is 65.0 Å². The lowest BCUT2D eigenvalue weighted by Crippen LogP contribution is -2.41. The molecule has 3 heterocycles. The van der Waals surface area contributed by atoms with Crippen molar-refractivity contribution in [2.45, 2.75) is 51.5 Å². The lowest BCUT2D eigenvalue weighted by atomic mass is 9.98. The molecule has 8 heteroatoms. The van der Waals surface area contributed by atoms with Crippen molar-refractivity contribution in [3.63, 3.8) is 0 Å². The van der Waals surface area contributed by atoms with Crippen molar-refractivity contribution in [1.29, 1.82) is 10.5 Å². The molecule has 5 rings (SSSR count). The number of carbonyl (C=O) groups is 1. The first-order chi connectivity index (χ1) is 16.5. The molecule has 170 valence electrons. The second-order valence-electron chi connectivity index (χ2n) is 8.89. The Balaban J connectivity index is 1.54. The zero-order chi connectivity index (χ0) is 23.8. The molecule has 2 aromatic heterocycles. The predicted molar refractivity (Wildman–Crippen MR) is 125 cm³/mol. The number of hydrogen-bond acceptors (Lipinski definition) is 7. The molecule has 0 radical (unpaired) electrons. The summed E-state index contributed by atoms with van der Waals surface area (Å²) < 4.78 is 5.79. The minimum absolute atomic E-state index is 0.139. The standard InChI is InChI=1S/C26H24N6O2/c1-15-24-21(14-34-15)20-9-17(6-8-22(20)31-25(24)29)26(33)32(23-4-2-3-18(23)11-28)13-19-7-5-16(10-27)12-30-19/h5-9,12,15,18,23H,2-4,13-14H2,1H3,(H2,29,31)/t15-,18+,23-/m0/s1. The van der Waals surface area contributed by atoms with E-state index in [4.69, 9.17) is 15.7 Å². The predicted octanol–water partition coefficient (Wildman–Crippen LogP) is 4.01. The van der Waals surface area contributed by atoms with Gasteiger partial charge in [0.2, 0.25) is 0 Å². The molecule has 3 atom stereocenters. The maximum Gasteiger partial charge on any atom is 0.254 e. The number of fused-ring (bicyclic) bond motifs is 3. The Morgan fingerprint density at radius 2 is 2.12 bits per heavy atom. The third-order valence-corrected chi connectivity index (χ3v) is 6.89. The smallest absolute Gasteiger partial charge is 0.254 e. The van der Waals surface area contributed by atoms with Crippen LogP contribution in [-0.4, -0.2) is 26.8 Å². The van der Waals surface area contributed by atoms with E-state index in [9.17, 15) is 10.1 Å². The maximum absolute atomic E-state index is 13.9. The van der Waals surface area contributed by atoms with E-state index in [1.807, 2.05) is 19.1 Å². The lowest BCUT2D eigenvalue weighted by Gasteiger charge is -2.31. The van der Waals surface area contributed by atoms with Crippen LogP contribution in [0.3, 0.4) is 0 Å². The Hall–Kier alpha value is -4.01. The van der Waals surface area contributed by atoms with Crippen molar-refractivity contribution in [2.24, 2.45) is 5.92 Å². The van der Waals surface area contributed by atoms with Crippen LogP contribution < -0.4 is 5.73 Å². The Morgan fingerprint density at radius 3 is 2.85 bits per heavy atom. The zero-order valence-electron chi connectivity index (χ0n) is 18.9. The first-order valence-corrected chi connectivity index (χ1v) is 11.4. The molecule has 0 saturated heterocycles. The molecule has 0 unspecified atom stereocenters. The van der Waals surface area contributed by atoms with Crippen LogP contribution >= 0.6 is 0 Å². The van der Waals surface area contributed by atoms with Gasteiger partial charge in [-0.25, -0.2) is 4.98 Å². The molecular weight excluding hydrogens is 428 g/mol. The number of nitrogens with two attached hydrogens (primary N) is 1. The number of amides is 1. The Labute approximate surface area is 197 Å². The minimum Gasteiger partial charge on any atom is -0.383 e. The Kier molecular flexibility index (Phi) is 5.61. The van der Waals surface area contributed by atoms with Gasteiger partial charge in [0.05, 0.1) is 48.0 Å². The fourth-order valence-electron chi connectivity index (χ4n) is 5.13. The normalized spacial score (nSPS) is 21.1. The molecule has 1 aromatic carbocycles. The van der Waals surface area contributed by atoms with Crippen LogP contribution in [0.15, 0.2) is 36.5 Å². The van der Waals surface area contributed by atoms with Crippen molar-refractivity contribution in [2.75, 3.05) is 5.73 Å². The summed E-state index contributed by atoms with van der Waals surface area (Å²) in [5.74, 6) is 0.0865. The van der Waals surface area contributed by atoms with Crippen molar-refractivity contribution < 1.29 is 9.53 Å². The van der Waals surface area contributed by atoms with Gasteiger partial charge in [0.15, 0.2) is 0 Å². The molecular formula is C26H24N6O2. The average molecular weight is 453 g/mol. The quantitative estimate of drug-likeness (QED) is 0.633. The third kappa shape index (κ3) is 3.72. The second kappa shape index (κ2) is 8.74. The van der Waals surface area contributed by atoms with E-state index >= 15 is 0 Å². The Bertz CT molecular complexity index is 1350. The third-order valence-electron chi connectivity index (χ3n) is 6.89. The molecule has 1 amide bonds. The SMILES string of the molecule is C[C@@H]1OCc2c1c(N)nc1ccc(C(=O)N(Cc3ccc(C#N)cn3)[C@H]3CCC[C@@H]3C#N)cc21. The molecule has 0 bridgehead atoms. The van der Waals surface area contributed by atoms with Crippen molar-refractivity contribution in [3.8, 4) is 12.1 Å². The molecule has 1 fully saturated rings. The molecule has 1 saturated carbocycles. The Morgan fingerprint density at radius 1 is 1.26 bits per heavy atom. The van der Waals surface area contributed by atoms with Crippen LogP contribution in [0.25, 0.3) is 10.9 Å². The summed E-state index contributed by atoms with van der Waals surface area (Å²) in [7, 11) is 0. The number of pyridine rings is 2. The number of ether oxygens (including phenoxy) is 1. The summed E-state index contributed by atoms with van der Waals surface area (Å²) in [5, 5.41) is 19.6. The summed E-state index contributed by atoms with van der Waals surface area (Å²) >= 11 is 0. The number of hydrogen-bond donors (Lipinski definition) is 1. The largest absolute Gasteiger partial charge is 0.383 e. The maximum atomic E-state index is 13.9. The van der Waals surface area contributed by atoms with E-state index in [0.29, 0.717) is 29.2 Å². The number of nitriles is 2. The van der Waals surface area contributed by atoms with Crippen molar-refractivity contribution >= 4 is 22.6 Å². The van der Waals surface area contributed by atoms with E-state index in [2.05, 4.69) is 22.1 Å². The molecule has 2 N–H and O–H groups in total. The number of rotatable bonds is 4. The minimum atomic E-state index is -0.220. The monoisotopic (exact) mass is 452 g/mol.